The fraction of sp³-hybridized carbons (Fsp3) is 0.400. The normalized spacial score (nSPS) is 18.7. The van der Waals surface area contributed by atoms with Crippen LogP contribution in [0.4, 0.5) is 0 Å². The van der Waals surface area contributed by atoms with Gasteiger partial charge in [0.05, 0.1) is 23.2 Å². The molecular weight excluding hydrogens is 452 g/mol. The summed E-state index contributed by atoms with van der Waals surface area (Å²) in [7, 11) is -3.64. The van der Waals surface area contributed by atoms with Crippen molar-refractivity contribution in [3.8, 4) is 0 Å². The molecule has 0 fully saturated rings. The maximum Gasteiger partial charge on any atom is 0.303 e. The van der Waals surface area contributed by atoms with Crippen LogP contribution in [-0.4, -0.2) is 45.8 Å². The first-order chi connectivity index (χ1) is 16.2. The number of nitrogens with zero attached hydrogens (tertiary/aromatic N) is 3. The number of aromatic amines is 1. The van der Waals surface area contributed by atoms with E-state index in [9.17, 15) is 18.3 Å². The predicted molar refractivity (Wildman–Crippen MR) is 128 cm³/mol. The molecular formula is C25H30N4O4S. The lowest BCUT2D eigenvalue weighted by Crippen LogP contribution is -2.33. The number of sulfonamides is 1. The standard InChI is InChI=1S/C25H30N4O4S/c1-17-11-21-5-3-4-6-24(21)34(32,33)29(15-17)16-22-12-19(8-7-18(22)2)20(13-25(30)31)9-10-23-14-26-28-27-23/h3-8,12,14,17,20H,9-11,13,15-16H2,1-2H3,(H,30,31)(H,26,27,28)/t17-,20?/m1/s1. The van der Waals surface area contributed by atoms with E-state index in [1.807, 2.05) is 37.3 Å². The van der Waals surface area contributed by atoms with Crippen LogP contribution in [0.15, 0.2) is 53.6 Å². The number of nitrogens with one attached hydrogen (secondary N) is 1. The van der Waals surface area contributed by atoms with Gasteiger partial charge in [-0.1, -0.05) is 43.3 Å². The van der Waals surface area contributed by atoms with Gasteiger partial charge in [-0.05, 0) is 66.3 Å². The van der Waals surface area contributed by atoms with E-state index in [1.54, 1.807) is 22.6 Å². The lowest BCUT2D eigenvalue weighted by atomic mass is 9.88. The molecule has 4 rings (SSSR count). The van der Waals surface area contributed by atoms with Crippen molar-refractivity contribution in [3.05, 3.63) is 76.6 Å². The third-order valence-corrected chi connectivity index (χ3v) is 8.41. The molecule has 2 N–H and O–H groups in total. The Balaban J connectivity index is 1.62. The largest absolute Gasteiger partial charge is 0.481 e. The highest BCUT2D eigenvalue weighted by atomic mass is 32.2. The van der Waals surface area contributed by atoms with Gasteiger partial charge in [0.25, 0.3) is 0 Å². The Morgan fingerprint density at radius 1 is 1.26 bits per heavy atom. The Morgan fingerprint density at radius 2 is 2.06 bits per heavy atom. The molecule has 2 atom stereocenters. The molecule has 1 aliphatic heterocycles. The van der Waals surface area contributed by atoms with Crippen LogP contribution >= 0.6 is 0 Å². The van der Waals surface area contributed by atoms with Crippen molar-refractivity contribution >= 4 is 16.0 Å². The van der Waals surface area contributed by atoms with Crippen LogP contribution in [0.3, 0.4) is 0 Å². The van der Waals surface area contributed by atoms with Crippen molar-refractivity contribution in [2.24, 2.45) is 5.92 Å². The summed E-state index contributed by atoms with van der Waals surface area (Å²) >= 11 is 0. The molecule has 1 aliphatic rings. The zero-order valence-electron chi connectivity index (χ0n) is 19.4. The zero-order chi connectivity index (χ0) is 24.3. The van der Waals surface area contributed by atoms with Gasteiger partial charge < -0.3 is 5.11 Å². The van der Waals surface area contributed by atoms with E-state index in [-0.39, 0.29) is 24.8 Å². The van der Waals surface area contributed by atoms with Crippen molar-refractivity contribution in [1.82, 2.24) is 19.7 Å². The van der Waals surface area contributed by atoms with Crippen LogP contribution in [0.5, 0.6) is 0 Å². The fourth-order valence-corrected chi connectivity index (χ4v) is 6.44. The molecule has 0 aliphatic carbocycles. The Labute approximate surface area is 200 Å². The zero-order valence-corrected chi connectivity index (χ0v) is 20.3. The first kappa shape index (κ1) is 24.1. The highest BCUT2D eigenvalue weighted by molar-refractivity contribution is 7.89. The molecule has 2 aromatic carbocycles. The van der Waals surface area contributed by atoms with Crippen LogP contribution in [0, 0.1) is 12.8 Å². The number of benzene rings is 2. The molecule has 0 saturated heterocycles. The number of aryl methyl sites for hydroxylation is 2. The van der Waals surface area contributed by atoms with E-state index in [2.05, 4.69) is 22.3 Å². The first-order valence-corrected chi connectivity index (χ1v) is 12.9. The van der Waals surface area contributed by atoms with Crippen molar-refractivity contribution in [2.75, 3.05) is 6.54 Å². The van der Waals surface area contributed by atoms with Gasteiger partial charge in [0.2, 0.25) is 10.0 Å². The Morgan fingerprint density at radius 3 is 2.79 bits per heavy atom. The molecule has 34 heavy (non-hydrogen) atoms. The lowest BCUT2D eigenvalue weighted by molar-refractivity contribution is -0.137. The number of fused-ring (bicyclic) bond motifs is 1. The molecule has 180 valence electrons. The van der Waals surface area contributed by atoms with Crippen molar-refractivity contribution in [1.29, 1.82) is 0 Å². The maximum absolute atomic E-state index is 13.5. The smallest absolute Gasteiger partial charge is 0.303 e. The maximum atomic E-state index is 13.5. The number of carbonyl (C=O) groups is 1. The van der Waals surface area contributed by atoms with Gasteiger partial charge in [0, 0.05) is 13.1 Å². The van der Waals surface area contributed by atoms with E-state index in [1.165, 1.54) is 0 Å². The van der Waals surface area contributed by atoms with Crippen LogP contribution in [-0.2, 0) is 34.2 Å². The molecule has 1 unspecified atom stereocenters. The van der Waals surface area contributed by atoms with E-state index < -0.39 is 16.0 Å². The molecule has 0 amide bonds. The topological polar surface area (TPSA) is 116 Å². The van der Waals surface area contributed by atoms with Gasteiger partial charge in [0.1, 0.15) is 0 Å². The van der Waals surface area contributed by atoms with Crippen molar-refractivity contribution in [3.63, 3.8) is 0 Å². The first-order valence-electron chi connectivity index (χ1n) is 11.5. The van der Waals surface area contributed by atoms with Gasteiger partial charge >= 0.3 is 5.97 Å². The van der Waals surface area contributed by atoms with Gasteiger partial charge in [0.15, 0.2) is 0 Å². The van der Waals surface area contributed by atoms with Crippen LogP contribution < -0.4 is 0 Å². The highest BCUT2D eigenvalue weighted by Crippen LogP contribution is 2.31. The molecule has 2 heterocycles. The van der Waals surface area contributed by atoms with Crippen LogP contribution in [0.1, 0.15) is 53.6 Å². The minimum Gasteiger partial charge on any atom is -0.481 e. The summed E-state index contributed by atoms with van der Waals surface area (Å²) in [4.78, 5) is 11.9. The average molecular weight is 483 g/mol. The SMILES string of the molecule is Cc1ccc(C(CCc2cn[nH]n2)CC(=O)O)cc1CN1C[C@H](C)Cc2ccccc2S1(=O)=O. The van der Waals surface area contributed by atoms with Crippen LogP contribution in [0.2, 0.25) is 0 Å². The van der Waals surface area contributed by atoms with Crippen molar-refractivity contribution < 1.29 is 18.3 Å². The summed E-state index contributed by atoms with van der Waals surface area (Å²) < 4.78 is 28.6. The molecule has 0 radical (unpaired) electrons. The lowest BCUT2D eigenvalue weighted by Gasteiger charge is -2.24. The summed E-state index contributed by atoms with van der Waals surface area (Å²) in [6, 6.07) is 13.1. The minimum absolute atomic E-state index is 0.00717. The number of hydrogen-bond acceptors (Lipinski definition) is 5. The number of hydrogen-bond donors (Lipinski definition) is 2. The summed E-state index contributed by atoms with van der Waals surface area (Å²) in [6.45, 7) is 4.72. The summed E-state index contributed by atoms with van der Waals surface area (Å²) in [6.07, 6.45) is 3.56. The van der Waals surface area contributed by atoms with Gasteiger partial charge in [-0.15, -0.1) is 0 Å². The second-order valence-electron chi connectivity index (χ2n) is 9.20. The summed E-state index contributed by atoms with van der Waals surface area (Å²) in [5.74, 6) is -0.897. The molecule has 0 saturated carbocycles. The third kappa shape index (κ3) is 5.37. The quantitative estimate of drug-likeness (QED) is 0.506. The fourth-order valence-electron chi connectivity index (χ4n) is 4.67. The Bertz CT molecular complexity index is 1260. The average Bonchev–Trinajstić information content (AvgIpc) is 3.28. The second-order valence-corrected chi connectivity index (χ2v) is 11.1. The molecule has 8 nitrogen and oxygen atoms in total. The highest BCUT2D eigenvalue weighted by Gasteiger charge is 2.32. The van der Waals surface area contributed by atoms with Gasteiger partial charge in [-0.25, -0.2) is 8.42 Å². The Kier molecular flexibility index (Phi) is 7.13. The third-order valence-electron chi connectivity index (χ3n) is 6.50. The molecule has 9 heteroatoms. The molecule has 0 bridgehead atoms. The van der Waals surface area contributed by atoms with E-state index >= 15 is 0 Å². The second kappa shape index (κ2) is 10.1. The number of aromatic nitrogens is 3. The van der Waals surface area contributed by atoms with Gasteiger partial charge in [-0.2, -0.15) is 19.7 Å². The Hall–Kier alpha value is -3.04. The molecule has 0 spiro atoms. The van der Waals surface area contributed by atoms with Crippen LogP contribution in [0.25, 0.3) is 0 Å². The molecule has 1 aromatic heterocycles. The van der Waals surface area contributed by atoms with E-state index in [0.29, 0.717) is 30.7 Å². The number of rotatable bonds is 8. The number of carboxylic acids is 1. The monoisotopic (exact) mass is 482 g/mol. The predicted octanol–water partition coefficient (Wildman–Crippen LogP) is 3.69. The van der Waals surface area contributed by atoms with Crippen molar-refractivity contribution in [2.45, 2.75) is 56.9 Å². The molecule has 3 aromatic rings. The number of aliphatic carboxylic acids is 1. The summed E-state index contributed by atoms with van der Waals surface area (Å²) in [5, 5.41) is 19.9. The summed E-state index contributed by atoms with van der Waals surface area (Å²) in [5.41, 5.74) is 4.41. The van der Waals surface area contributed by atoms with E-state index in [4.69, 9.17) is 0 Å². The van der Waals surface area contributed by atoms with Gasteiger partial charge in [-0.3, -0.25) is 4.79 Å². The number of carboxylic acid groups (broad SMARTS) is 1. The number of H-pyrrole nitrogens is 1. The van der Waals surface area contributed by atoms with E-state index in [0.717, 1.165) is 27.9 Å². The minimum atomic E-state index is -3.64.